The van der Waals surface area contributed by atoms with E-state index >= 15 is 0 Å². The molecule has 0 aliphatic carbocycles. The fourth-order valence-corrected chi connectivity index (χ4v) is 3.10. The van der Waals surface area contributed by atoms with Crippen LogP contribution in [0.3, 0.4) is 0 Å². The van der Waals surface area contributed by atoms with Crippen molar-refractivity contribution in [3.05, 3.63) is 23.7 Å². The Labute approximate surface area is 140 Å². The van der Waals surface area contributed by atoms with E-state index in [-0.39, 0.29) is 23.6 Å². The summed E-state index contributed by atoms with van der Waals surface area (Å²) < 4.78 is 0. The minimum Gasteiger partial charge on any atom is -0.355 e. The van der Waals surface area contributed by atoms with Crippen molar-refractivity contribution < 1.29 is 4.79 Å². The van der Waals surface area contributed by atoms with Crippen molar-refractivity contribution in [1.29, 1.82) is 5.26 Å². The van der Waals surface area contributed by atoms with Crippen LogP contribution >= 0.6 is 0 Å². The van der Waals surface area contributed by atoms with Crippen molar-refractivity contribution in [2.45, 2.75) is 25.9 Å². The van der Waals surface area contributed by atoms with E-state index in [0.717, 1.165) is 43.3 Å². The second-order valence-electron chi connectivity index (χ2n) is 5.99. The summed E-state index contributed by atoms with van der Waals surface area (Å²) in [5.74, 6) is 1.68. The Morgan fingerprint density at radius 1 is 1.50 bits per heavy atom. The molecule has 2 aliphatic heterocycles. The minimum atomic E-state index is -0.321. The molecule has 0 aromatic carbocycles. The summed E-state index contributed by atoms with van der Waals surface area (Å²) >= 11 is 0. The van der Waals surface area contributed by atoms with E-state index in [2.05, 4.69) is 25.5 Å². The molecule has 0 bridgehead atoms. The third-order valence-corrected chi connectivity index (χ3v) is 4.36. The molecule has 3 rings (SSSR count). The highest BCUT2D eigenvalue weighted by Gasteiger charge is 2.28. The third kappa shape index (κ3) is 3.11. The number of imidazole rings is 1. The number of hydrogen-bond acceptors (Lipinski definition) is 6. The Bertz CT molecular complexity index is 719. The van der Waals surface area contributed by atoms with Crippen LogP contribution < -0.4 is 10.6 Å². The van der Waals surface area contributed by atoms with Crippen molar-refractivity contribution >= 4 is 17.6 Å². The number of anilines is 1. The Kier molecular flexibility index (Phi) is 4.51. The first kappa shape index (κ1) is 16.1. The molecule has 3 heterocycles. The molecule has 0 spiro atoms. The zero-order valence-corrected chi connectivity index (χ0v) is 13.8. The van der Waals surface area contributed by atoms with Gasteiger partial charge in [-0.2, -0.15) is 5.26 Å². The molecule has 1 saturated heterocycles. The van der Waals surface area contributed by atoms with Gasteiger partial charge in [-0.3, -0.25) is 4.79 Å². The standard InChI is InChI=1S/C16H21N7O/c1-10-21-14-13(19-9-20-14)15(22-10)23-5-3-11(4-6-23)7-12(8-17)16(24)18-2/h7,9-11,21H,3-6H2,1-2H3,(H,18,24)(H,19,20). The number of carbonyl (C=O) groups is 1. The van der Waals surface area contributed by atoms with Gasteiger partial charge in [-0.1, -0.05) is 6.08 Å². The van der Waals surface area contributed by atoms with Crippen LogP contribution in [0.2, 0.25) is 0 Å². The van der Waals surface area contributed by atoms with Crippen LogP contribution in [0, 0.1) is 17.2 Å². The summed E-state index contributed by atoms with van der Waals surface area (Å²) in [7, 11) is 1.54. The molecule has 2 aliphatic rings. The SMILES string of the molecule is CNC(=O)C(C#N)=CC1CCN(C2=NC(C)Nc3nc[nH]c32)CC1. The first-order valence-electron chi connectivity index (χ1n) is 8.09. The number of nitrogens with one attached hydrogen (secondary N) is 3. The highest BCUT2D eigenvalue weighted by Crippen LogP contribution is 2.25. The molecule has 1 aromatic heterocycles. The maximum atomic E-state index is 11.6. The molecular weight excluding hydrogens is 306 g/mol. The molecule has 1 fully saturated rings. The first-order chi connectivity index (χ1) is 11.6. The highest BCUT2D eigenvalue weighted by molar-refractivity contribution is 6.02. The second kappa shape index (κ2) is 6.74. The number of amidine groups is 1. The number of nitriles is 1. The van der Waals surface area contributed by atoms with Gasteiger partial charge >= 0.3 is 0 Å². The Hall–Kier alpha value is -2.82. The lowest BCUT2D eigenvalue weighted by atomic mass is 9.94. The van der Waals surface area contributed by atoms with Gasteiger partial charge in [0.25, 0.3) is 5.91 Å². The average Bonchev–Trinajstić information content (AvgIpc) is 3.07. The molecule has 1 unspecified atom stereocenters. The molecular formula is C16H21N7O. The molecule has 0 saturated carbocycles. The van der Waals surface area contributed by atoms with Gasteiger partial charge in [0.05, 0.1) is 6.33 Å². The van der Waals surface area contributed by atoms with Gasteiger partial charge in [0.15, 0.2) is 11.7 Å². The number of likely N-dealkylation sites (N-methyl/N-ethyl adjacent to an activating group) is 1. The maximum absolute atomic E-state index is 11.6. The average molecular weight is 327 g/mol. The number of aromatic amines is 1. The van der Waals surface area contributed by atoms with E-state index in [9.17, 15) is 4.79 Å². The van der Waals surface area contributed by atoms with Gasteiger partial charge < -0.3 is 20.5 Å². The van der Waals surface area contributed by atoms with Crippen LogP contribution in [0.1, 0.15) is 25.5 Å². The number of likely N-dealkylation sites (tertiary alicyclic amines) is 1. The first-order valence-corrected chi connectivity index (χ1v) is 8.09. The number of rotatable bonds is 2. The quantitative estimate of drug-likeness (QED) is 0.551. The lowest BCUT2D eigenvalue weighted by molar-refractivity contribution is -0.116. The fourth-order valence-electron chi connectivity index (χ4n) is 3.10. The zero-order valence-electron chi connectivity index (χ0n) is 13.8. The van der Waals surface area contributed by atoms with Crippen LogP contribution in [-0.4, -0.2) is 52.9 Å². The monoisotopic (exact) mass is 327 g/mol. The van der Waals surface area contributed by atoms with Gasteiger partial charge in [0.2, 0.25) is 0 Å². The number of amides is 1. The molecule has 3 N–H and O–H groups in total. The maximum Gasteiger partial charge on any atom is 0.261 e. The van der Waals surface area contributed by atoms with Gasteiger partial charge in [-0.25, -0.2) is 9.98 Å². The second-order valence-corrected chi connectivity index (χ2v) is 5.99. The van der Waals surface area contributed by atoms with Crippen LogP contribution in [0.5, 0.6) is 0 Å². The van der Waals surface area contributed by atoms with Crippen molar-refractivity contribution in [2.24, 2.45) is 10.9 Å². The predicted octanol–water partition coefficient (Wildman–Crippen LogP) is 0.836. The van der Waals surface area contributed by atoms with Gasteiger partial charge in [0.1, 0.15) is 23.5 Å². The van der Waals surface area contributed by atoms with E-state index < -0.39 is 0 Å². The number of fused-ring (bicyclic) bond motifs is 1. The summed E-state index contributed by atoms with van der Waals surface area (Å²) in [6.07, 6.45) is 5.22. The summed E-state index contributed by atoms with van der Waals surface area (Å²) in [6, 6.07) is 1.98. The zero-order chi connectivity index (χ0) is 17.1. The Morgan fingerprint density at radius 2 is 2.25 bits per heavy atom. The Balaban J connectivity index is 1.69. The number of aromatic nitrogens is 2. The number of piperidine rings is 1. The van der Waals surface area contributed by atoms with Crippen molar-refractivity contribution in [3.63, 3.8) is 0 Å². The molecule has 1 aromatic rings. The van der Waals surface area contributed by atoms with Crippen molar-refractivity contribution in [3.8, 4) is 6.07 Å². The molecule has 0 radical (unpaired) electrons. The molecule has 126 valence electrons. The van der Waals surface area contributed by atoms with E-state index in [1.165, 1.54) is 7.05 Å². The lowest BCUT2D eigenvalue weighted by Gasteiger charge is -2.35. The normalized spacial score (nSPS) is 21.4. The topological polar surface area (TPSA) is 109 Å². The van der Waals surface area contributed by atoms with Crippen molar-refractivity contribution in [1.82, 2.24) is 20.2 Å². The van der Waals surface area contributed by atoms with E-state index in [1.54, 1.807) is 12.4 Å². The number of carbonyl (C=O) groups excluding carboxylic acids is 1. The summed E-state index contributed by atoms with van der Waals surface area (Å²) in [5.41, 5.74) is 1.12. The molecule has 1 atom stereocenters. The number of aliphatic imine (C=N–C) groups is 1. The number of allylic oxidation sites excluding steroid dienone is 1. The molecule has 1 amide bonds. The fraction of sp³-hybridized carbons (Fsp3) is 0.500. The van der Waals surface area contributed by atoms with Crippen LogP contribution in [-0.2, 0) is 4.79 Å². The summed E-state index contributed by atoms with van der Waals surface area (Å²) in [4.78, 5) is 26.0. The van der Waals surface area contributed by atoms with Crippen molar-refractivity contribution in [2.75, 3.05) is 25.5 Å². The third-order valence-electron chi connectivity index (χ3n) is 4.36. The molecule has 8 heteroatoms. The predicted molar refractivity (Wildman–Crippen MR) is 90.3 cm³/mol. The van der Waals surface area contributed by atoms with E-state index in [4.69, 9.17) is 10.3 Å². The van der Waals surface area contributed by atoms with Gasteiger partial charge in [0, 0.05) is 20.1 Å². The minimum absolute atomic E-state index is 0.00754. The van der Waals surface area contributed by atoms with Crippen LogP contribution in [0.4, 0.5) is 5.82 Å². The number of nitrogens with zero attached hydrogens (tertiary/aromatic N) is 4. The molecule has 8 nitrogen and oxygen atoms in total. The highest BCUT2D eigenvalue weighted by atomic mass is 16.1. The summed E-state index contributed by atoms with van der Waals surface area (Å²) in [6.45, 7) is 3.66. The van der Waals surface area contributed by atoms with Gasteiger partial charge in [-0.05, 0) is 25.7 Å². The van der Waals surface area contributed by atoms with Gasteiger partial charge in [-0.15, -0.1) is 0 Å². The van der Waals surface area contributed by atoms with Crippen LogP contribution in [0.15, 0.2) is 23.0 Å². The summed E-state index contributed by atoms with van der Waals surface area (Å²) in [5, 5.41) is 14.8. The van der Waals surface area contributed by atoms with E-state index in [0.29, 0.717) is 0 Å². The Morgan fingerprint density at radius 3 is 2.92 bits per heavy atom. The van der Waals surface area contributed by atoms with Crippen LogP contribution in [0.25, 0.3) is 0 Å². The smallest absolute Gasteiger partial charge is 0.261 e. The largest absolute Gasteiger partial charge is 0.355 e. The molecule has 24 heavy (non-hydrogen) atoms. The number of hydrogen-bond donors (Lipinski definition) is 3. The lowest BCUT2D eigenvalue weighted by Crippen LogP contribution is -2.42. The van der Waals surface area contributed by atoms with E-state index in [1.807, 2.05) is 13.0 Å². The number of H-pyrrole nitrogens is 1.